The van der Waals surface area contributed by atoms with Gasteiger partial charge in [0.2, 0.25) is 0 Å². The topological polar surface area (TPSA) is 28.2 Å². The van der Waals surface area contributed by atoms with Crippen LogP contribution < -0.4 is 10.2 Å². The number of nitrogens with one attached hydrogen (secondary N) is 1. The summed E-state index contributed by atoms with van der Waals surface area (Å²) in [5.74, 6) is 0. The van der Waals surface area contributed by atoms with Crippen molar-refractivity contribution in [3.05, 3.63) is 23.5 Å². The first kappa shape index (κ1) is 11.4. The second-order valence-electron chi connectivity index (χ2n) is 4.38. The SMILES string of the molecule is CCCc1c(N2CCNCC2)ccnc1C. The molecule has 2 rings (SSSR count). The number of hydrogen-bond acceptors (Lipinski definition) is 3. The normalized spacial score (nSPS) is 16.5. The fraction of sp³-hybridized carbons (Fsp3) is 0.615. The summed E-state index contributed by atoms with van der Waals surface area (Å²) >= 11 is 0. The summed E-state index contributed by atoms with van der Waals surface area (Å²) in [5.41, 5.74) is 4.03. The highest BCUT2D eigenvalue weighted by molar-refractivity contribution is 5.55. The molecule has 2 heterocycles. The maximum Gasteiger partial charge on any atom is 0.0433 e. The molecule has 0 saturated carbocycles. The molecule has 16 heavy (non-hydrogen) atoms. The van der Waals surface area contributed by atoms with Gasteiger partial charge in [0.15, 0.2) is 0 Å². The quantitative estimate of drug-likeness (QED) is 0.839. The van der Waals surface area contributed by atoms with Crippen molar-refractivity contribution in [2.75, 3.05) is 31.1 Å². The summed E-state index contributed by atoms with van der Waals surface area (Å²) in [6.45, 7) is 8.75. The Morgan fingerprint density at radius 1 is 1.38 bits per heavy atom. The monoisotopic (exact) mass is 219 g/mol. The van der Waals surface area contributed by atoms with E-state index < -0.39 is 0 Å². The van der Waals surface area contributed by atoms with Crippen LogP contribution in [0, 0.1) is 6.92 Å². The lowest BCUT2D eigenvalue weighted by Crippen LogP contribution is -2.44. The molecule has 1 aromatic heterocycles. The Kier molecular flexibility index (Phi) is 3.78. The van der Waals surface area contributed by atoms with E-state index in [1.54, 1.807) is 0 Å². The number of pyridine rings is 1. The molecule has 3 nitrogen and oxygen atoms in total. The van der Waals surface area contributed by atoms with Gasteiger partial charge < -0.3 is 10.2 Å². The lowest BCUT2D eigenvalue weighted by molar-refractivity contribution is 0.587. The largest absolute Gasteiger partial charge is 0.369 e. The molecule has 1 aliphatic rings. The van der Waals surface area contributed by atoms with Crippen LogP contribution in [0.3, 0.4) is 0 Å². The van der Waals surface area contributed by atoms with Gasteiger partial charge in [0.1, 0.15) is 0 Å². The molecule has 1 aromatic rings. The van der Waals surface area contributed by atoms with Gasteiger partial charge >= 0.3 is 0 Å². The third-order valence-corrected chi connectivity index (χ3v) is 3.20. The number of hydrogen-bond donors (Lipinski definition) is 1. The number of anilines is 1. The molecule has 88 valence electrons. The van der Waals surface area contributed by atoms with Gasteiger partial charge in [-0.05, 0) is 25.0 Å². The van der Waals surface area contributed by atoms with Crippen molar-refractivity contribution in [2.24, 2.45) is 0 Å². The van der Waals surface area contributed by atoms with Gasteiger partial charge in [-0.2, -0.15) is 0 Å². The minimum Gasteiger partial charge on any atom is -0.369 e. The summed E-state index contributed by atoms with van der Waals surface area (Å²) in [6, 6.07) is 2.17. The van der Waals surface area contributed by atoms with Gasteiger partial charge in [-0.1, -0.05) is 13.3 Å². The first-order valence-corrected chi connectivity index (χ1v) is 6.23. The molecule has 0 amide bonds. The van der Waals surface area contributed by atoms with Crippen molar-refractivity contribution in [2.45, 2.75) is 26.7 Å². The molecule has 1 saturated heterocycles. The second-order valence-corrected chi connectivity index (χ2v) is 4.38. The Hall–Kier alpha value is -1.09. The van der Waals surface area contributed by atoms with Crippen molar-refractivity contribution in [3.8, 4) is 0 Å². The molecule has 1 fully saturated rings. The van der Waals surface area contributed by atoms with Gasteiger partial charge in [-0.3, -0.25) is 4.98 Å². The summed E-state index contributed by atoms with van der Waals surface area (Å²) in [7, 11) is 0. The average Bonchev–Trinajstić information content (AvgIpc) is 2.33. The predicted octanol–water partition coefficient (Wildman–Crippen LogP) is 1.75. The predicted molar refractivity (Wildman–Crippen MR) is 68.1 cm³/mol. The van der Waals surface area contributed by atoms with Gasteiger partial charge in [0.05, 0.1) is 0 Å². The molecular weight excluding hydrogens is 198 g/mol. The van der Waals surface area contributed by atoms with E-state index in [4.69, 9.17) is 0 Å². The highest BCUT2D eigenvalue weighted by Crippen LogP contribution is 2.23. The molecule has 0 bridgehead atoms. The Morgan fingerprint density at radius 3 is 2.81 bits per heavy atom. The lowest BCUT2D eigenvalue weighted by Gasteiger charge is -2.31. The Morgan fingerprint density at radius 2 is 2.12 bits per heavy atom. The highest BCUT2D eigenvalue weighted by atomic mass is 15.2. The van der Waals surface area contributed by atoms with Crippen LogP contribution in [0.2, 0.25) is 0 Å². The zero-order valence-electron chi connectivity index (χ0n) is 10.3. The number of aromatic nitrogens is 1. The maximum atomic E-state index is 4.41. The number of piperazine rings is 1. The fourth-order valence-electron chi connectivity index (χ4n) is 2.34. The summed E-state index contributed by atoms with van der Waals surface area (Å²) < 4.78 is 0. The van der Waals surface area contributed by atoms with Crippen LogP contribution in [0.25, 0.3) is 0 Å². The highest BCUT2D eigenvalue weighted by Gasteiger charge is 2.15. The van der Waals surface area contributed by atoms with E-state index >= 15 is 0 Å². The fourth-order valence-corrected chi connectivity index (χ4v) is 2.34. The Labute approximate surface area is 97.9 Å². The van der Waals surface area contributed by atoms with Gasteiger partial charge in [0.25, 0.3) is 0 Å². The van der Waals surface area contributed by atoms with Crippen molar-refractivity contribution in [1.29, 1.82) is 0 Å². The van der Waals surface area contributed by atoms with Gasteiger partial charge in [-0.25, -0.2) is 0 Å². The molecule has 0 unspecified atom stereocenters. The van der Waals surface area contributed by atoms with E-state index in [0.717, 1.165) is 32.6 Å². The van der Waals surface area contributed by atoms with E-state index in [-0.39, 0.29) is 0 Å². The molecule has 1 aliphatic heterocycles. The minimum absolute atomic E-state index is 1.09. The second kappa shape index (κ2) is 5.30. The van der Waals surface area contributed by atoms with Crippen LogP contribution in [0.5, 0.6) is 0 Å². The minimum atomic E-state index is 1.09. The van der Waals surface area contributed by atoms with Crippen LogP contribution in [-0.2, 0) is 6.42 Å². The van der Waals surface area contributed by atoms with E-state index in [2.05, 4.69) is 35.1 Å². The van der Waals surface area contributed by atoms with Crippen molar-refractivity contribution < 1.29 is 0 Å². The smallest absolute Gasteiger partial charge is 0.0433 e. The van der Waals surface area contributed by atoms with E-state index in [9.17, 15) is 0 Å². The van der Waals surface area contributed by atoms with Crippen molar-refractivity contribution in [1.82, 2.24) is 10.3 Å². The first-order valence-electron chi connectivity index (χ1n) is 6.23. The standard InChI is InChI=1S/C13H21N3/c1-3-4-12-11(2)15-6-5-13(12)16-9-7-14-8-10-16/h5-6,14H,3-4,7-10H2,1-2H3. The first-order chi connectivity index (χ1) is 7.83. The molecule has 3 heteroatoms. The molecule has 0 aromatic carbocycles. The van der Waals surface area contributed by atoms with Crippen LogP contribution in [0.1, 0.15) is 24.6 Å². The molecule has 0 atom stereocenters. The number of nitrogens with zero attached hydrogens (tertiary/aromatic N) is 2. The lowest BCUT2D eigenvalue weighted by atomic mass is 10.1. The number of rotatable bonds is 3. The van der Waals surface area contributed by atoms with Crippen molar-refractivity contribution in [3.63, 3.8) is 0 Å². The zero-order chi connectivity index (χ0) is 11.4. The summed E-state index contributed by atoms with van der Waals surface area (Å²) in [5, 5.41) is 3.39. The van der Waals surface area contributed by atoms with Gasteiger partial charge in [-0.15, -0.1) is 0 Å². The average molecular weight is 219 g/mol. The van der Waals surface area contributed by atoms with Crippen LogP contribution in [-0.4, -0.2) is 31.2 Å². The third-order valence-electron chi connectivity index (χ3n) is 3.20. The Balaban J connectivity index is 2.27. The maximum absolute atomic E-state index is 4.41. The molecule has 0 radical (unpaired) electrons. The van der Waals surface area contributed by atoms with Crippen LogP contribution in [0.4, 0.5) is 5.69 Å². The van der Waals surface area contributed by atoms with E-state index in [1.165, 1.54) is 23.4 Å². The van der Waals surface area contributed by atoms with Gasteiger partial charge in [0, 0.05) is 43.8 Å². The molecule has 0 spiro atoms. The van der Waals surface area contributed by atoms with E-state index in [0.29, 0.717) is 0 Å². The number of aryl methyl sites for hydroxylation is 1. The Bertz CT molecular complexity index is 343. The van der Waals surface area contributed by atoms with Crippen LogP contribution in [0.15, 0.2) is 12.3 Å². The van der Waals surface area contributed by atoms with Crippen LogP contribution >= 0.6 is 0 Å². The summed E-state index contributed by atoms with van der Waals surface area (Å²) in [4.78, 5) is 6.89. The molecular formula is C13H21N3. The summed E-state index contributed by atoms with van der Waals surface area (Å²) in [6.07, 6.45) is 4.26. The third kappa shape index (κ3) is 2.35. The zero-order valence-corrected chi connectivity index (χ0v) is 10.3. The molecule has 1 N–H and O–H groups in total. The van der Waals surface area contributed by atoms with E-state index in [1.807, 2.05) is 6.20 Å². The molecule has 0 aliphatic carbocycles. The van der Waals surface area contributed by atoms with Crippen molar-refractivity contribution >= 4 is 5.69 Å².